The van der Waals surface area contributed by atoms with Crippen molar-refractivity contribution < 1.29 is 0 Å². The summed E-state index contributed by atoms with van der Waals surface area (Å²) in [6.07, 6.45) is 2.47. The number of piperidine rings is 1. The van der Waals surface area contributed by atoms with Crippen molar-refractivity contribution in [1.29, 1.82) is 0 Å². The highest BCUT2D eigenvalue weighted by Crippen LogP contribution is 2.23. The van der Waals surface area contributed by atoms with Crippen LogP contribution < -0.4 is 10.2 Å². The van der Waals surface area contributed by atoms with Gasteiger partial charge in [-0.25, -0.2) is 9.97 Å². The third-order valence-corrected chi connectivity index (χ3v) is 4.04. The molecule has 1 aromatic carbocycles. The van der Waals surface area contributed by atoms with Crippen LogP contribution in [0.2, 0.25) is 0 Å². The molecule has 0 spiro atoms. The van der Waals surface area contributed by atoms with Crippen LogP contribution in [0.25, 0.3) is 11.0 Å². The van der Waals surface area contributed by atoms with Gasteiger partial charge in [0.2, 0.25) is 0 Å². The van der Waals surface area contributed by atoms with E-state index in [-0.39, 0.29) is 0 Å². The van der Waals surface area contributed by atoms with Gasteiger partial charge in [0.05, 0.1) is 16.7 Å². The molecule has 4 heteroatoms. The Morgan fingerprint density at radius 3 is 2.65 bits per heavy atom. The van der Waals surface area contributed by atoms with E-state index in [1.165, 1.54) is 12.8 Å². The maximum Gasteiger partial charge on any atom is 0.151 e. The monoisotopic (exact) mass is 270 g/mol. The number of hydrogen-bond acceptors (Lipinski definition) is 4. The first kappa shape index (κ1) is 13.3. The zero-order valence-corrected chi connectivity index (χ0v) is 12.3. The standard InChI is InChI=1S/C16H22N4/c1-3-20(13-7-6-10-17-11-13)16-12(2)18-14-8-4-5-9-15(14)19-16/h4-5,8-9,13,17H,3,6-7,10-11H2,1-2H3. The molecule has 1 saturated heterocycles. The lowest BCUT2D eigenvalue weighted by Crippen LogP contribution is -2.46. The molecule has 0 aliphatic carbocycles. The summed E-state index contributed by atoms with van der Waals surface area (Å²) in [5.74, 6) is 1.04. The Balaban J connectivity index is 1.99. The molecule has 0 amide bonds. The van der Waals surface area contributed by atoms with E-state index in [0.717, 1.165) is 42.2 Å². The maximum absolute atomic E-state index is 4.86. The van der Waals surface area contributed by atoms with Crippen LogP contribution in [-0.4, -0.2) is 35.6 Å². The molecular weight excluding hydrogens is 248 g/mol. The van der Waals surface area contributed by atoms with E-state index in [9.17, 15) is 0 Å². The number of hydrogen-bond donors (Lipinski definition) is 1. The number of aryl methyl sites for hydroxylation is 1. The molecule has 1 unspecified atom stereocenters. The first-order valence-electron chi connectivity index (χ1n) is 7.50. The normalized spacial score (nSPS) is 19.2. The molecule has 106 valence electrons. The number of nitrogens with one attached hydrogen (secondary N) is 1. The minimum atomic E-state index is 0.530. The van der Waals surface area contributed by atoms with Crippen LogP contribution in [0.4, 0.5) is 5.82 Å². The molecule has 0 bridgehead atoms. The van der Waals surface area contributed by atoms with E-state index in [1.54, 1.807) is 0 Å². The van der Waals surface area contributed by atoms with Crippen LogP contribution in [0, 0.1) is 6.92 Å². The topological polar surface area (TPSA) is 41.1 Å². The van der Waals surface area contributed by atoms with Crippen molar-refractivity contribution in [2.24, 2.45) is 0 Å². The summed E-state index contributed by atoms with van der Waals surface area (Å²) in [6.45, 7) is 7.41. The number of para-hydroxylation sites is 2. The molecule has 20 heavy (non-hydrogen) atoms. The van der Waals surface area contributed by atoms with Gasteiger partial charge in [0.25, 0.3) is 0 Å². The number of aromatic nitrogens is 2. The lowest BCUT2D eigenvalue weighted by molar-refractivity contribution is 0.433. The molecule has 1 aliphatic rings. The molecule has 1 atom stereocenters. The Morgan fingerprint density at radius 1 is 1.25 bits per heavy atom. The fourth-order valence-electron chi connectivity index (χ4n) is 3.03. The largest absolute Gasteiger partial charge is 0.351 e. The Kier molecular flexibility index (Phi) is 3.83. The van der Waals surface area contributed by atoms with Gasteiger partial charge in [-0.15, -0.1) is 0 Å². The van der Waals surface area contributed by atoms with E-state index in [0.29, 0.717) is 6.04 Å². The van der Waals surface area contributed by atoms with Crippen LogP contribution in [0.5, 0.6) is 0 Å². The van der Waals surface area contributed by atoms with Crippen LogP contribution in [-0.2, 0) is 0 Å². The van der Waals surface area contributed by atoms with Gasteiger partial charge in [0, 0.05) is 19.1 Å². The van der Waals surface area contributed by atoms with E-state index in [4.69, 9.17) is 9.97 Å². The van der Waals surface area contributed by atoms with Gasteiger partial charge in [-0.2, -0.15) is 0 Å². The molecule has 0 radical (unpaired) electrons. The Bertz CT molecular complexity index is 590. The summed E-state index contributed by atoms with van der Waals surface area (Å²) in [5, 5.41) is 3.49. The quantitative estimate of drug-likeness (QED) is 0.930. The van der Waals surface area contributed by atoms with Crippen molar-refractivity contribution in [2.75, 3.05) is 24.5 Å². The summed E-state index contributed by atoms with van der Waals surface area (Å²) < 4.78 is 0. The third kappa shape index (κ3) is 2.48. The zero-order chi connectivity index (χ0) is 13.9. The number of fused-ring (bicyclic) bond motifs is 1. The molecule has 4 nitrogen and oxygen atoms in total. The molecule has 2 aromatic rings. The predicted octanol–water partition coefficient (Wildman–Crippen LogP) is 2.52. The second kappa shape index (κ2) is 5.75. The first-order valence-corrected chi connectivity index (χ1v) is 7.50. The van der Waals surface area contributed by atoms with Gasteiger partial charge >= 0.3 is 0 Å². The van der Waals surface area contributed by atoms with Gasteiger partial charge in [-0.05, 0) is 45.4 Å². The highest BCUT2D eigenvalue weighted by molar-refractivity contribution is 5.76. The van der Waals surface area contributed by atoms with Gasteiger partial charge in [-0.3, -0.25) is 0 Å². The minimum Gasteiger partial charge on any atom is -0.351 e. The summed E-state index contributed by atoms with van der Waals surface area (Å²) in [5.41, 5.74) is 2.98. The molecule has 1 aromatic heterocycles. The van der Waals surface area contributed by atoms with Crippen molar-refractivity contribution in [3.8, 4) is 0 Å². The summed E-state index contributed by atoms with van der Waals surface area (Å²) in [7, 11) is 0. The van der Waals surface area contributed by atoms with E-state index >= 15 is 0 Å². The molecule has 3 rings (SSSR count). The number of anilines is 1. The second-order valence-electron chi connectivity index (χ2n) is 5.41. The molecule has 2 heterocycles. The van der Waals surface area contributed by atoms with Crippen molar-refractivity contribution in [1.82, 2.24) is 15.3 Å². The number of rotatable bonds is 3. The Morgan fingerprint density at radius 2 is 2.00 bits per heavy atom. The average Bonchev–Trinajstić information content (AvgIpc) is 2.49. The summed E-state index contributed by atoms with van der Waals surface area (Å²) in [6, 6.07) is 8.63. The predicted molar refractivity (Wildman–Crippen MR) is 83.2 cm³/mol. The highest BCUT2D eigenvalue weighted by Gasteiger charge is 2.22. The third-order valence-electron chi connectivity index (χ3n) is 4.04. The van der Waals surface area contributed by atoms with Crippen LogP contribution in [0.3, 0.4) is 0 Å². The molecule has 1 fully saturated rings. The molecule has 0 saturated carbocycles. The minimum absolute atomic E-state index is 0.530. The lowest BCUT2D eigenvalue weighted by Gasteiger charge is -2.35. The van der Waals surface area contributed by atoms with Crippen LogP contribution in [0.15, 0.2) is 24.3 Å². The smallest absolute Gasteiger partial charge is 0.151 e. The molecular formula is C16H22N4. The van der Waals surface area contributed by atoms with Crippen molar-refractivity contribution in [3.63, 3.8) is 0 Å². The van der Waals surface area contributed by atoms with Crippen molar-refractivity contribution in [3.05, 3.63) is 30.0 Å². The zero-order valence-electron chi connectivity index (χ0n) is 12.3. The average molecular weight is 270 g/mol. The van der Waals surface area contributed by atoms with Gasteiger partial charge < -0.3 is 10.2 Å². The summed E-state index contributed by atoms with van der Waals surface area (Å²) in [4.78, 5) is 12.0. The van der Waals surface area contributed by atoms with Crippen molar-refractivity contribution >= 4 is 16.9 Å². The number of likely N-dealkylation sites (N-methyl/N-ethyl adjacent to an activating group) is 1. The maximum atomic E-state index is 4.86. The second-order valence-corrected chi connectivity index (χ2v) is 5.41. The van der Waals surface area contributed by atoms with E-state index in [1.807, 2.05) is 24.3 Å². The fourth-order valence-corrected chi connectivity index (χ4v) is 3.03. The number of nitrogens with zero attached hydrogens (tertiary/aromatic N) is 3. The highest BCUT2D eigenvalue weighted by atomic mass is 15.2. The van der Waals surface area contributed by atoms with Crippen LogP contribution in [0.1, 0.15) is 25.5 Å². The number of benzene rings is 1. The van der Waals surface area contributed by atoms with Crippen LogP contribution >= 0.6 is 0 Å². The van der Waals surface area contributed by atoms with E-state index < -0.39 is 0 Å². The SMILES string of the molecule is CCN(c1nc2ccccc2nc1C)C1CCCNC1. The Labute approximate surface area is 120 Å². The van der Waals surface area contributed by atoms with Gasteiger partial charge in [0.1, 0.15) is 0 Å². The molecule has 1 aliphatic heterocycles. The van der Waals surface area contributed by atoms with Gasteiger partial charge in [-0.1, -0.05) is 12.1 Å². The fraction of sp³-hybridized carbons (Fsp3) is 0.500. The lowest BCUT2D eigenvalue weighted by atomic mass is 10.1. The Hall–Kier alpha value is -1.68. The van der Waals surface area contributed by atoms with Crippen molar-refractivity contribution in [2.45, 2.75) is 32.7 Å². The van der Waals surface area contributed by atoms with Gasteiger partial charge in [0.15, 0.2) is 5.82 Å². The first-order chi connectivity index (χ1) is 9.79. The molecule has 1 N–H and O–H groups in total. The summed E-state index contributed by atoms with van der Waals surface area (Å²) >= 11 is 0. The van der Waals surface area contributed by atoms with E-state index in [2.05, 4.69) is 24.1 Å².